The molecule has 76 valence electrons. The summed E-state index contributed by atoms with van der Waals surface area (Å²) in [5, 5.41) is 6.23. The molecule has 5 heteroatoms. The molecule has 0 radical (unpaired) electrons. The van der Waals surface area contributed by atoms with Gasteiger partial charge in [0.25, 0.3) is 0 Å². The standard InChI is InChI=1S/C9H13BrN4/c1-11-8-7(10)5-13-9(14-8)12-4-6-2-3-6/h5-6H,2-4H2,1H3,(H2,11,12,13,14). The first-order chi connectivity index (χ1) is 6.79. The van der Waals surface area contributed by atoms with E-state index < -0.39 is 0 Å². The highest BCUT2D eigenvalue weighted by Gasteiger charge is 2.20. The normalized spacial score (nSPS) is 15.3. The predicted octanol–water partition coefficient (Wildman–Crippen LogP) is 2.10. The molecule has 1 aromatic rings. The monoisotopic (exact) mass is 256 g/mol. The van der Waals surface area contributed by atoms with Crippen LogP contribution in [0.2, 0.25) is 0 Å². The van der Waals surface area contributed by atoms with Crippen molar-refractivity contribution in [2.75, 3.05) is 24.2 Å². The Morgan fingerprint density at radius 2 is 2.36 bits per heavy atom. The van der Waals surface area contributed by atoms with Gasteiger partial charge in [-0.2, -0.15) is 4.98 Å². The van der Waals surface area contributed by atoms with Crippen LogP contribution in [0.1, 0.15) is 12.8 Å². The zero-order valence-corrected chi connectivity index (χ0v) is 9.63. The van der Waals surface area contributed by atoms with Gasteiger partial charge in [0, 0.05) is 19.8 Å². The van der Waals surface area contributed by atoms with Crippen LogP contribution in [0.3, 0.4) is 0 Å². The summed E-state index contributed by atoms with van der Waals surface area (Å²) in [6, 6.07) is 0. The molecule has 0 aliphatic heterocycles. The van der Waals surface area contributed by atoms with Gasteiger partial charge in [-0.1, -0.05) is 0 Å². The van der Waals surface area contributed by atoms with E-state index in [0.717, 1.165) is 22.8 Å². The van der Waals surface area contributed by atoms with E-state index in [1.165, 1.54) is 12.8 Å². The van der Waals surface area contributed by atoms with Crippen molar-refractivity contribution < 1.29 is 0 Å². The van der Waals surface area contributed by atoms with Gasteiger partial charge in [0.05, 0.1) is 4.47 Å². The Morgan fingerprint density at radius 3 is 3.00 bits per heavy atom. The molecule has 1 aromatic heterocycles. The van der Waals surface area contributed by atoms with Crippen LogP contribution in [0.25, 0.3) is 0 Å². The molecule has 0 amide bonds. The van der Waals surface area contributed by atoms with Crippen LogP contribution in [0, 0.1) is 5.92 Å². The van der Waals surface area contributed by atoms with E-state index in [1.807, 2.05) is 7.05 Å². The average molecular weight is 257 g/mol. The lowest BCUT2D eigenvalue weighted by Gasteiger charge is -2.06. The van der Waals surface area contributed by atoms with Crippen molar-refractivity contribution in [1.29, 1.82) is 0 Å². The maximum absolute atomic E-state index is 4.31. The van der Waals surface area contributed by atoms with Crippen LogP contribution in [0.15, 0.2) is 10.7 Å². The molecule has 2 rings (SSSR count). The maximum atomic E-state index is 4.31. The Balaban J connectivity index is 2.01. The molecule has 0 unspecified atom stereocenters. The molecule has 0 bridgehead atoms. The van der Waals surface area contributed by atoms with Gasteiger partial charge >= 0.3 is 0 Å². The second-order valence-electron chi connectivity index (χ2n) is 3.46. The summed E-state index contributed by atoms with van der Waals surface area (Å²) in [4.78, 5) is 8.49. The van der Waals surface area contributed by atoms with Gasteiger partial charge in [-0.05, 0) is 34.7 Å². The van der Waals surface area contributed by atoms with Gasteiger partial charge in [0.15, 0.2) is 0 Å². The maximum Gasteiger partial charge on any atom is 0.224 e. The van der Waals surface area contributed by atoms with Crippen LogP contribution in [-0.4, -0.2) is 23.6 Å². The van der Waals surface area contributed by atoms with E-state index >= 15 is 0 Å². The molecule has 14 heavy (non-hydrogen) atoms. The third-order valence-corrected chi connectivity index (χ3v) is 2.81. The zero-order valence-electron chi connectivity index (χ0n) is 8.05. The Bertz CT molecular complexity index is 325. The van der Waals surface area contributed by atoms with E-state index in [4.69, 9.17) is 0 Å². The summed E-state index contributed by atoms with van der Waals surface area (Å²) < 4.78 is 0.886. The molecule has 1 saturated carbocycles. The van der Waals surface area contributed by atoms with E-state index in [0.29, 0.717) is 5.95 Å². The third-order valence-electron chi connectivity index (χ3n) is 2.23. The number of anilines is 2. The lowest BCUT2D eigenvalue weighted by molar-refractivity contribution is 0.873. The van der Waals surface area contributed by atoms with Crippen molar-refractivity contribution in [1.82, 2.24) is 9.97 Å². The van der Waals surface area contributed by atoms with Crippen LogP contribution >= 0.6 is 15.9 Å². The molecule has 0 aromatic carbocycles. The van der Waals surface area contributed by atoms with Crippen molar-refractivity contribution in [3.05, 3.63) is 10.7 Å². The van der Waals surface area contributed by atoms with E-state index in [2.05, 4.69) is 36.5 Å². The molecule has 1 fully saturated rings. The predicted molar refractivity (Wildman–Crippen MR) is 60.5 cm³/mol. The summed E-state index contributed by atoms with van der Waals surface area (Å²) in [7, 11) is 1.85. The average Bonchev–Trinajstić information content (AvgIpc) is 3.00. The van der Waals surface area contributed by atoms with E-state index in [9.17, 15) is 0 Å². The minimum Gasteiger partial charge on any atom is -0.372 e. The fourth-order valence-corrected chi connectivity index (χ4v) is 1.57. The van der Waals surface area contributed by atoms with Gasteiger partial charge in [-0.15, -0.1) is 0 Å². The SMILES string of the molecule is CNc1nc(NCC2CC2)ncc1Br. The smallest absolute Gasteiger partial charge is 0.224 e. The second kappa shape index (κ2) is 4.13. The molecular weight excluding hydrogens is 244 g/mol. The van der Waals surface area contributed by atoms with Crippen LogP contribution in [-0.2, 0) is 0 Å². The minimum absolute atomic E-state index is 0.699. The fourth-order valence-electron chi connectivity index (χ4n) is 1.19. The van der Waals surface area contributed by atoms with Gasteiger partial charge in [0.2, 0.25) is 5.95 Å². The number of rotatable bonds is 4. The van der Waals surface area contributed by atoms with Gasteiger partial charge in [-0.3, -0.25) is 0 Å². The molecule has 4 nitrogen and oxygen atoms in total. The number of aromatic nitrogens is 2. The number of hydrogen-bond acceptors (Lipinski definition) is 4. The van der Waals surface area contributed by atoms with Gasteiger partial charge < -0.3 is 10.6 Å². The van der Waals surface area contributed by atoms with Crippen LogP contribution in [0.4, 0.5) is 11.8 Å². The van der Waals surface area contributed by atoms with Crippen molar-refractivity contribution in [2.24, 2.45) is 5.92 Å². The molecule has 1 heterocycles. The first-order valence-corrected chi connectivity index (χ1v) is 5.53. The topological polar surface area (TPSA) is 49.8 Å². The largest absolute Gasteiger partial charge is 0.372 e. The van der Waals surface area contributed by atoms with Crippen molar-refractivity contribution >= 4 is 27.7 Å². The van der Waals surface area contributed by atoms with Gasteiger partial charge in [-0.25, -0.2) is 4.98 Å². The highest BCUT2D eigenvalue weighted by atomic mass is 79.9. The zero-order chi connectivity index (χ0) is 9.97. The lowest BCUT2D eigenvalue weighted by Crippen LogP contribution is -2.08. The summed E-state index contributed by atoms with van der Waals surface area (Å²) in [5.41, 5.74) is 0. The van der Waals surface area contributed by atoms with Crippen LogP contribution in [0.5, 0.6) is 0 Å². The molecule has 0 atom stereocenters. The number of nitrogens with zero attached hydrogens (tertiary/aromatic N) is 2. The summed E-state index contributed by atoms with van der Waals surface area (Å²) in [5.74, 6) is 2.35. The number of halogens is 1. The molecule has 1 aliphatic carbocycles. The summed E-state index contributed by atoms with van der Waals surface area (Å²) >= 11 is 3.37. The number of hydrogen-bond donors (Lipinski definition) is 2. The van der Waals surface area contributed by atoms with Crippen LogP contribution < -0.4 is 10.6 Å². The molecule has 0 saturated heterocycles. The Hall–Kier alpha value is -0.840. The molecule has 2 N–H and O–H groups in total. The Labute approximate surface area is 91.7 Å². The fraction of sp³-hybridized carbons (Fsp3) is 0.556. The van der Waals surface area contributed by atoms with E-state index in [1.54, 1.807) is 6.20 Å². The quantitative estimate of drug-likeness (QED) is 0.867. The molecular formula is C9H13BrN4. The van der Waals surface area contributed by atoms with Crippen molar-refractivity contribution in [3.63, 3.8) is 0 Å². The van der Waals surface area contributed by atoms with Crippen molar-refractivity contribution in [3.8, 4) is 0 Å². The Kier molecular flexibility index (Phi) is 2.86. The second-order valence-corrected chi connectivity index (χ2v) is 4.32. The summed E-state index contributed by atoms with van der Waals surface area (Å²) in [6.45, 7) is 0.991. The van der Waals surface area contributed by atoms with Gasteiger partial charge in [0.1, 0.15) is 5.82 Å². The Morgan fingerprint density at radius 1 is 1.57 bits per heavy atom. The molecule has 1 aliphatic rings. The first-order valence-electron chi connectivity index (χ1n) is 4.73. The first kappa shape index (κ1) is 9.71. The molecule has 0 spiro atoms. The highest BCUT2D eigenvalue weighted by molar-refractivity contribution is 9.10. The van der Waals surface area contributed by atoms with E-state index in [-0.39, 0.29) is 0 Å². The lowest BCUT2D eigenvalue weighted by atomic mass is 10.4. The minimum atomic E-state index is 0.699. The third kappa shape index (κ3) is 2.35. The highest BCUT2D eigenvalue weighted by Crippen LogP contribution is 2.28. The summed E-state index contributed by atoms with van der Waals surface area (Å²) in [6.07, 6.45) is 4.43. The van der Waals surface area contributed by atoms with Crippen molar-refractivity contribution in [2.45, 2.75) is 12.8 Å². The number of nitrogens with one attached hydrogen (secondary N) is 2.